The molecule has 0 bridgehead atoms. The number of alkyl halides is 2. The van der Waals surface area contributed by atoms with E-state index in [4.69, 9.17) is 0 Å². The maximum Gasteiger partial charge on any atom is 0.280 e. The summed E-state index contributed by atoms with van der Waals surface area (Å²) in [5.74, 6) is 0.594. The zero-order valence-electron chi connectivity index (χ0n) is 16.0. The Labute approximate surface area is 174 Å². The summed E-state index contributed by atoms with van der Waals surface area (Å²) in [6.07, 6.45) is 5.59. The van der Waals surface area contributed by atoms with Crippen LogP contribution in [0.25, 0.3) is 50.1 Å². The molecule has 5 heterocycles. The van der Waals surface area contributed by atoms with Gasteiger partial charge in [0.05, 0.1) is 11.7 Å². The largest absolute Gasteiger partial charge is 0.345 e. The molecule has 0 aliphatic rings. The van der Waals surface area contributed by atoms with Gasteiger partial charge in [0.15, 0.2) is 5.82 Å². The minimum absolute atomic E-state index is 0.138. The molecule has 0 aliphatic carbocycles. The van der Waals surface area contributed by atoms with Crippen LogP contribution >= 0.6 is 0 Å². The molecule has 0 atom stereocenters. The Balaban J connectivity index is 1.44. The first-order valence-corrected chi connectivity index (χ1v) is 9.62. The fourth-order valence-corrected chi connectivity index (χ4v) is 3.82. The summed E-state index contributed by atoms with van der Waals surface area (Å²) in [6, 6.07) is 13.4. The molecule has 0 unspecified atom stereocenters. The number of H-pyrrole nitrogens is 1. The number of fused-ring (bicyclic) bond motifs is 3. The minimum atomic E-state index is -2.60. The van der Waals surface area contributed by atoms with Crippen LogP contribution in [-0.4, -0.2) is 29.3 Å². The van der Waals surface area contributed by atoms with Crippen molar-refractivity contribution >= 4 is 27.6 Å². The molecule has 0 fully saturated rings. The summed E-state index contributed by atoms with van der Waals surface area (Å²) >= 11 is 0. The van der Waals surface area contributed by atoms with Crippen LogP contribution in [-0.2, 0) is 0 Å². The second-order valence-electron chi connectivity index (χ2n) is 7.20. The third kappa shape index (κ3) is 2.83. The number of imidazole rings is 1. The van der Waals surface area contributed by atoms with E-state index in [1.807, 2.05) is 42.6 Å². The Kier molecular flexibility index (Phi) is 3.79. The summed E-state index contributed by atoms with van der Waals surface area (Å²) in [6.45, 7) is 0. The molecule has 8 heteroatoms. The molecular weight excluding hydrogens is 398 g/mol. The fourth-order valence-electron chi connectivity index (χ4n) is 3.82. The zero-order chi connectivity index (χ0) is 20.9. The van der Waals surface area contributed by atoms with Gasteiger partial charge >= 0.3 is 0 Å². The second-order valence-corrected chi connectivity index (χ2v) is 7.20. The Morgan fingerprint density at radius 1 is 0.935 bits per heavy atom. The van der Waals surface area contributed by atoms with Gasteiger partial charge in [-0.15, -0.1) is 0 Å². The quantitative estimate of drug-likeness (QED) is 0.421. The summed E-state index contributed by atoms with van der Waals surface area (Å²) < 4.78 is 28.0. The molecule has 150 valence electrons. The lowest BCUT2D eigenvalue weighted by Crippen LogP contribution is -1.94. The smallest absolute Gasteiger partial charge is 0.280 e. The first-order chi connectivity index (χ1) is 15.2. The highest BCUT2D eigenvalue weighted by atomic mass is 19.3. The number of hydrogen-bond acceptors (Lipinski definition) is 4. The zero-order valence-corrected chi connectivity index (χ0v) is 16.0. The highest BCUT2D eigenvalue weighted by molar-refractivity contribution is 5.94. The summed E-state index contributed by atoms with van der Waals surface area (Å²) in [4.78, 5) is 20.8. The summed E-state index contributed by atoms with van der Waals surface area (Å²) in [5.41, 5.74) is 4.41. The monoisotopic (exact) mass is 412 g/mol. The van der Waals surface area contributed by atoms with Gasteiger partial charge in [0.25, 0.3) is 6.43 Å². The Hall–Kier alpha value is -4.20. The van der Waals surface area contributed by atoms with Crippen LogP contribution in [0.2, 0.25) is 0 Å². The second kappa shape index (κ2) is 6.66. The molecule has 0 spiro atoms. The van der Waals surface area contributed by atoms with Crippen LogP contribution in [0.5, 0.6) is 0 Å². The van der Waals surface area contributed by atoms with Crippen LogP contribution in [0, 0.1) is 0 Å². The topological polar surface area (TPSA) is 71.8 Å². The van der Waals surface area contributed by atoms with Crippen LogP contribution in [0.4, 0.5) is 8.78 Å². The van der Waals surface area contributed by atoms with Crippen molar-refractivity contribution in [3.05, 3.63) is 79.1 Å². The van der Waals surface area contributed by atoms with Gasteiger partial charge in [0.2, 0.25) is 0 Å². The van der Waals surface area contributed by atoms with Crippen molar-refractivity contribution in [1.82, 2.24) is 29.3 Å². The van der Waals surface area contributed by atoms with Gasteiger partial charge in [-0.25, -0.2) is 23.7 Å². The number of aromatic nitrogens is 6. The highest BCUT2D eigenvalue weighted by Gasteiger charge is 2.15. The molecule has 1 aromatic carbocycles. The van der Waals surface area contributed by atoms with Crippen LogP contribution in [0.3, 0.4) is 0 Å². The van der Waals surface area contributed by atoms with Crippen molar-refractivity contribution in [2.75, 3.05) is 0 Å². The maximum absolute atomic E-state index is 13.3. The predicted octanol–water partition coefficient (Wildman–Crippen LogP) is 5.43. The van der Waals surface area contributed by atoms with Crippen molar-refractivity contribution in [2.24, 2.45) is 0 Å². The third-order valence-electron chi connectivity index (χ3n) is 5.36. The van der Waals surface area contributed by atoms with Gasteiger partial charge in [-0.3, -0.25) is 9.38 Å². The van der Waals surface area contributed by atoms with E-state index in [1.54, 1.807) is 24.7 Å². The van der Waals surface area contributed by atoms with E-state index in [1.165, 1.54) is 10.6 Å². The molecule has 0 saturated carbocycles. The maximum atomic E-state index is 13.3. The molecule has 6 rings (SSSR count). The van der Waals surface area contributed by atoms with Gasteiger partial charge in [-0.1, -0.05) is 6.07 Å². The number of pyridine rings is 2. The van der Waals surface area contributed by atoms with Gasteiger partial charge in [0, 0.05) is 52.3 Å². The van der Waals surface area contributed by atoms with Crippen molar-refractivity contribution < 1.29 is 8.78 Å². The molecule has 0 saturated heterocycles. The average Bonchev–Trinajstić information content (AvgIpc) is 3.42. The molecular formula is C23H14F2N6. The number of nitrogens with zero attached hydrogens (tertiary/aromatic N) is 5. The van der Waals surface area contributed by atoms with E-state index in [-0.39, 0.29) is 5.69 Å². The van der Waals surface area contributed by atoms with E-state index in [0.29, 0.717) is 17.1 Å². The van der Waals surface area contributed by atoms with Crippen LogP contribution in [0.15, 0.2) is 73.4 Å². The summed E-state index contributed by atoms with van der Waals surface area (Å²) in [7, 11) is 0. The Bertz CT molecular complexity index is 1580. The number of hydrogen-bond donors (Lipinski definition) is 1. The molecule has 1 N–H and O–H groups in total. The van der Waals surface area contributed by atoms with Crippen molar-refractivity contribution in [2.45, 2.75) is 6.43 Å². The van der Waals surface area contributed by atoms with Crippen LogP contribution < -0.4 is 0 Å². The van der Waals surface area contributed by atoms with E-state index in [9.17, 15) is 8.78 Å². The molecule has 6 aromatic rings. The standard InChI is InChI=1S/C23H14F2N6/c24-21(25)19-11-27-20-6-4-15(12-31(19)20)16-9-29-23-17(16)10-28-22(30-23)14-3-5-18-13(8-14)2-1-7-26-18/h1-12,21H,(H,28,29,30). The Morgan fingerprint density at radius 2 is 1.84 bits per heavy atom. The molecule has 0 aliphatic heterocycles. The molecule has 6 nitrogen and oxygen atoms in total. The van der Waals surface area contributed by atoms with Gasteiger partial charge in [0.1, 0.15) is 17.0 Å². The van der Waals surface area contributed by atoms with Crippen molar-refractivity contribution in [1.29, 1.82) is 0 Å². The third-order valence-corrected chi connectivity index (χ3v) is 5.36. The van der Waals surface area contributed by atoms with E-state index >= 15 is 0 Å². The van der Waals surface area contributed by atoms with E-state index in [0.717, 1.165) is 33.0 Å². The van der Waals surface area contributed by atoms with E-state index in [2.05, 4.69) is 24.9 Å². The minimum Gasteiger partial charge on any atom is -0.345 e. The number of rotatable bonds is 3. The predicted molar refractivity (Wildman–Crippen MR) is 114 cm³/mol. The van der Waals surface area contributed by atoms with Gasteiger partial charge in [-0.2, -0.15) is 0 Å². The van der Waals surface area contributed by atoms with Gasteiger partial charge in [-0.05, 0) is 36.4 Å². The lowest BCUT2D eigenvalue weighted by atomic mass is 10.1. The number of nitrogens with one attached hydrogen (secondary N) is 1. The van der Waals surface area contributed by atoms with Crippen LogP contribution in [0.1, 0.15) is 12.1 Å². The lowest BCUT2D eigenvalue weighted by Gasteiger charge is -2.05. The molecule has 0 amide bonds. The first-order valence-electron chi connectivity index (χ1n) is 9.62. The summed E-state index contributed by atoms with van der Waals surface area (Å²) in [5, 5.41) is 1.82. The van der Waals surface area contributed by atoms with Crippen molar-refractivity contribution in [3.63, 3.8) is 0 Å². The first kappa shape index (κ1) is 17.6. The molecule has 31 heavy (non-hydrogen) atoms. The average molecular weight is 412 g/mol. The molecule has 5 aromatic heterocycles. The highest BCUT2D eigenvalue weighted by Crippen LogP contribution is 2.30. The van der Waals surface area contributed by atoms with Gasteiger partial charge < -0.3 is 4.98 Å². The fraction of sp³-hybridized carbons (Fsp3) is 0.0435. The number of halogens is 2. The molecule has 0 radical (unpaired) electrons. The lowest BCUT2D eigenvalue weighted by molar-refractivity contribution is 0.145. The number of benzene rings is 1. The van der Waals surface area contributed by atoms with Crippen molar-refractivity contribution in [3.8, 4) is 22.5 Å². The van der Waals surface area contributed by atoms with E-state index < -0.39 is 6.43 Å². The number of aromatic amines is 1. The SMILES string of the molecule is FC(F)c1cnc2ccc(-c3c[nH]c4nc(-c5ccc6ncccc6c5)ncc34)cn12. The Morgan fingerprint density at radius 3 is 2.74 bits per heavy atom. The normalized spacial score (nSPS) is 11.8.